The van der Waals surface area contributed by atoms with Crippen LogP contribution in [-0.2, 0) is 4.74 Å². The molecule has 0 aliphatic carbocycles. The van der Waals surface area contributed by atoms with Crippen molar-refractivity contribution < 1.29 is 13.9 Å². The molecule has 1 aromatic heterocycles. The Labute approximate surface area is 127 Å². The topological polar surface area (TPSA) is 64.1 Å². The molecule has 114 valence electrons. The molecule has 0 unspecified atom stereocenters. The minimum Gasteiger partial charge on any atom is -0.373 e. The van der Waals surface area contributed by atoms with Gasteiger partial charge < -0.3 is 10.1 Å². The largest absolute Gasteiger partial charge is 0.373 e. The van der Waals surface area contributed by atoms with Gasteiger partial charge in [0.05, 0.1) is 11.7 Å². The summed E-state index contributed by atoms with van der Waals surface area (Å²) in [5, 5.41) is 2.88. The summed E-state index contributed by atoms with van der Waals surface area (Å²) in [7, 11) is 0. The first kappa shape index (κ1) is 14.6. The highest BCUT2D eigenvalue weighted by Crippen LogP contribution is 2.34. The molecular formula is C16H16FN3O2. The standard InChI is InChI=1S/C16H16FN3O2/c17-14-3-1-11(2-4-14)15-12(5-6-22-15)9-20-16(21)13-7-18-10-19-8-13/h1-4,7-8,10,12,15H,5-6,9H2,(H,20,21)/t12-,15-/m0/s1. The van der Waals surface area contributed by atoms with Gasteiger partial charge in [-0.3, -0.25) is 4.79 Å². The number of carbonyl (C=O) groups is 1. The molecule has 0 radical (unpaired) electrons. The average molecular weight is 301 g/mol. The van der Waals surface area contributed by atoms with Crippen molar-refractivity contribution in [2.75, 3.05) is 13.2 Å². The number of rotatable bonds is 4. The van der Waals surface area contributed by atoms with Crippen molar-refractivity contribution in [2.45, 2.75) is 12.5 Å². The van der Waals surface area contributed by atoms with Crippen LogP contribution in [0.2, 0.25) is 0 Å². The summed E-state index contributed by atoms with van der Waals surface area (Å²) in [5.74, 6) is -0.305. The summed E-state index contributed by atoms with van der Waals surface area (Å²) in [6.07, 6.45) is 5.07. The number of nitrogens with one attached hydrogen (secondary N) is 1. The Balaban J connectivity index is 1.62. The molecule has 1 saturated heterocycles. The second-order valence-electron chi connectivity index (χ2n) is 5.23. The maximum Gasteiger partial charge on any atom is 0.254 e. The molecule has 1 amide bonds. The lowest BCUT2D eigenvalue weighted by Crippen LogP contribution is -2.30. The molecule has 6 heteroatoms. The van der Waals surface area contributed by atoms with E-state index in [0.717, 1.165) is 12.0 Å². The van der Waals surface area contributed by atoms with Gasteiger partial charge in [0, 0.05) is 31.5 Å². The lowest BCUT2D eigenvalue weighted by Gasteiger charge is -2.19. The Morgan fingerprint density at radius 1 is 1.27 bits per heavy atom. The van der Waals surface area contributed by atoms with E-state index >= 15 is 0 Å². The molecule has 2 atom stereocenters. The van der Waals surface area contributed by atoms with Crippen LogP contribution in [0.5, 0.6) is 0 Å². The zero-order chi connectivity index (χ0) is 15.4. The molecule has 5 nitrogen and oxygen atoms in total. The van der Waals surface area contributed by atoms with Crippen molar-refractivity contribution >= 4 is 5.91 Å². The number of hydrogen-bond donors (Lipinski definition) is 1. The Morgan fingerprint density at radius 2 is 2.00 bits per heavy atom. The van der Waals surface area contributed by atoms with E-state index < -0.39 is 0 Å². The molecule has 2 aromatic rings. The average Bonchev–Trinajstić information content (AvgIpc) is 3.02. The fraction of sp³-hybridized carbons (Fsp3) is 0.312. The van der Waals surface area contributed by atoms with E-state index in [4.69, 9.17) is 4.74 Å². The van der Waals surface area contributed by atoms with Gasteiger partial charge in [-0.05, 0) is 24.1 Å². The van der Waals surface area contributed by atoms with Gasteiger partial charge >= 0.3 is 0 Å². The van der Waals surface area contributed by atoms with E-state index in [2.05, 4.69) is 15.3 Å². The third-order valence-electron chi connectivity index (χ3n) is 3.76. The number of amides is 1. The Kier molecular flexibility index (Phi) is 4.39. The number of halogens is 1. The van der Waals surface area contributed by atoms with Crippen molar-refractivity contribution in [3.8, 4) is 0 Å². The number of carbonyl (C=O) groups excluding carboxylic acids is 1. The maximum atomic E-state index is 13.0. The molecule has 1 aromatic carbocycles. The van der Waals surface area contributed by atoms with Gasteiger partial charge in [-0.25, -0.2) is 14.4 Å². The Bertz CT molecular complexity index is 634. The van der Waals surface area contributed by atoms with Crippen LogP contribution < -0.4 is 5.32 Å². The highest BCUT2D eigenvalue weighted by atomic mass is 19.1. The number of hydrogen-bond acceptors (Lipinski definition) is 4. The van der Waals surface area contributed by atoms with Crippen molar-refractivity contribution in [2.24, 2.45) is 5.92 Å². The normalized spacial score (nSPS) is 20.8. The molecule has 2 heterocycles. The maximum absolute atomic E-state index is 13.0. The second-order valence-corrected chi connectivity index (χ2v) is 5.23. The first-order chi connectivity index (χ1) is 10.7. The lowest BCUT2D eigenvalue weighted by atomic mass is 9.95. The molecule has 3 rings (SSSR count). The van der Waals surface area contributed by atoms with Gasteiger partial charge in [0.1, 0.15) is 12.1 Å². The Hall–Kier alpha value is -2.34. The van der Waals surface area contributed by atoms with E-state index in [9.17, 15) is 9.18 Å². The number of aromatic nitrogens is 2. The monoisotopic (exact) mass is 301 g/mol. The quantitative estimate of drug-likeness (QED) is 0.939. The van der Waals surface area contributed by atoms with Gasteiger partial charge in [0.2, 0.25) is 0 Å². The molecule has 1 aliphatic rings. The van der Waals surface area contributed by atoms with Gasteiger partial charge in [0.25, 0.3) is 5.91 Å². The fourth-order valence-corrected chi connectivity index (χ4v) is 2.61. The van der Waals surface area contributed by atoms with Crippen molar-refractivity contribution in [1.82, 2.24) is 15.3 Å². The van der Waals surface area contributed by atoms with Crippen LogP contribution >= 0.6 is 0 Å². The third kappa shape index (κ3) is 3.28. The fourth-order valence-electron chi connectivity index (χ4n) is 2.61. The predicted octanol–water partition coefficient (Wildman–Crippen LogP) is 2.12. The highest BCUT2D eigenvalue weighted by molar-refractivity contribution is 5.93. The van der Waals surface area contributed by atoms with Gasteiger partial charge in [-0.1, -0.05) is 12.1 Å². The van der Waals surface area contributed by atoms with Crippen LogP contribution in [0.25, 0.3) is 0 Å². The van der Waals surface area contributed by atoms with Crippen LogP contribution in [0, 0.1) is 11.7 Å². The molecule has 22 heavy (non-hydrogen) atoms. The van der Waals surface area contributed by atoms with Crippen molar-refractivity contribution in [3.63, 3.8) is 0 Å². The summed E-state index contributed by atoms with van der Waals surface area (Å²) in [6, 6.07) is 6.30. The lowest BCUT2D eigenvalue weighted by molar-refractivity contribution is 0.0845. The minimum atomic E-state index is -0.268. The first-order valence-electron chi connectivity index (χ1n) is 7.14. The van der Waals surface area contributed by atoms with Gasteiger partial charge in [-0.15, -0.1) is 0 Å². The van der Waals surface area contributed by atoms with E-state index in [-0.39, 0.29) is 23.7 Å². The molecule has 1 fully saturated rings. The summed E-state index contributed by atoms with van der Waals surface area (Å²) in [6.45, 7) is 1.13. The first-order valence-corrected chi connectivity index (χ1v) is 7.14. The molecule has 1 aliphatic heterocycles. The zero-order valence-corrected chi connectivity index (χ0v) is 11.9. The van der Waals surface area contributed by atoms with Crippen molar-refractivity contribution in [3.05, 3.63) is 59.9 Å². The van der Waals surface area contributed by atoms with Crippen LogP contribution in [-0.4, -0.2) is 29.0 Å². The minimum absolute atomic E-state index is 0.118. The van der Waals surface area contributed by atoms with E-state index in [1.54, 1.807) is 12.1 Å². The number of nitrogens with zero attached hydrogens (tertiary/aromatic N) is 2. The molecule has 0 saturated carbocycles. The number of ether oxygens (including phenoxy) is 1. The van der Waals surface area contributed by atoms with Gasteiger partial charge in [-0.2, -0.15) is 0 Å². The molecule has 0 bridgehead atoms. The van der Waals surface area contributed by atoms with E-state index in [1.807, 2.05) is 0 Å². The van der Waals surface area contributed by atoms with Crippen LogP contribution in [0.4, 0.5) is 4.39 Å². The van der Waals surface area contributed by atoms with E-state index in [0.29, 0.717) is 18.7 Å². The molecule has 1 N–H and O–H groups in total. The summed E-state index contributed by atoms with van der Waals surface area (Å²) >= 11 is 0. The summed E-state index contributed by atoms with van der Waals surface area (Å²) in [4.78, 5) is 19.7. The van der Waals surface area contributed by atoms with Gasteiger partial charge in [0.15, 0.2) is 0 Å². The van der Waals surface area contributed by atoms with Crippen LogP contribution in [0.1, 0.15) is 28.4 Å². The van der Waals surface area contributed by atoms with E-state index in [1.165, 1.54) is 30.9 Å². The highest BCUT2D eigenvalue weighted by Gasteiger charge is 2.30. The van der Waals surface area contributed by atoms with Crippen molar-refractivity contribution in [1.29, 1.82) is 0 Å². The summed E-state index contributed by atoms with van der Waals surface area (Å²) in [5.41, 5.74) is 1.36. The SMILES string of the molecule is O=C(NC[C@@H]1CCO[C@H]1c1ccc(F)cc1)c1cncnc1. The zero-order valence-electron chi connectivity index (χ0n) is 11.9. The van der Waals surface area contributed by atoms with Crippen LogP contribution in [0.15, 0.2) is 43.0 Å². The van der Waals surface area contributed by atoms with Crippen LogP contribution in [0.3, 0.4) is 0 Å². The third-order valence-corrected chi connectivity index (χ3v) is 3.76. The predicted molar refractivity (Wildman–Crippen MR) is 77.6 cm³/mol. The molecular weight excluding hydrogens is 285 g/mol. The molecule has 0 spiro atoms. The smallest absolute Gasteiger partial charge is 0.254 e. The summed E-state index contributed by atoms with van der Waals surface area (Å²) < 4.78 is 18.7. The Morgan fingerprint density at radius 3 is 2.73 bits per heavy atom. The number of benzene rings is 1. The second kappa shape index (κ2) is 6.62.